The molecule has 0 aromatic heterocycles. The zero-order chi connectivity index (χ0) is 12.8. The maximum Gasteiger partial charge on any atom is 0.0681 e. The van der Waals surface area contributed by atoms with Crippen LogP contribution in [0.1, 0.15) is 37.3 Å². The van der Waals surface area contributed by atoms with Crippen molar-refractivity contribution in [3.05, 3.63) is 35.4 Å². The highest BCUT2D eigenvalue weighted by Gasteiger charge is 2.26. The Balaban J connectivity index is 1.82. The third kappa shape index (κ3) is 3.74. The third-order valence-electron chi connectivity index (χ3n) is 3.61. The van der Waals surface area contributed by atoms with Crippen molar-refractivity contribution in [1.82, 2.24) is 5.32 Å². The molecule has 2 rings (SSSR count). The zero-order valence-electron chi connectivity index (χ0n) is 11.1. The molecular formula is C15H23NOS. The summed E-state index contributed by atoms with van der Waals surface area (Å²) in [7, 11) is 0. The molecular weight excluding hydrogens is 242 g/mol. The largest absolute Gasteiger partial charge is 0.392 e. The average molecular weight is 265 g/mol. The van der Waals surface area contributed by atoms with Gasteiger partial charge in [-0.2, -0.15) is 11.8 Å². The second-order valence-electron chi connectivity index (χ2n) is 4.89. The van der Waals surface area contributed by atoms with Gasteiger partial charge in [0.25, 0.3) is 0 Å². The zero-order valence-corrected chi connectivity index (χ0v) is 11.9. The summed E-state index contributed by atoms with van der Waals surface area (Å²) in [6.45, 7) is 3.32. The minimum atomic E-state index is 0.131. The Morgan fingerprint density at radius 3 is 2.61 bits per heavy atom. The van der Waals surface area contributed by atoms with E-state index in [1.54, 1.807) is 0 Å². The van der Waals surface area contributed by atoms with Crippen LogP contribution < -0.4 is 5.32 Å². The van der Waals surface area contributed by atoms with Crippen LogP contribution in [0.15, 0.2) is 24.3 Å². The van der Waals surface area contributed by atoms with Crippen LogP contribution in [0, 0.1) is 0 Å². The molecule has 2 atom stereocenters. The van der Waals surface area contributed by atoms with Crippen molar-refractivity contribution in [2.75, 3.05) is 5.75 Å². The van der Waals surface area contributed by atoms with E-state index < -0.39 is 0 Å². The van der Waals surface area contributed by atoms with Gasteiger partial charge in [-0.05, 0) is 29.7 Å². The van der Waals surface area contributed by atoms with Crippen LogP contribution >= 0.6 is 11.8 Å². The van der Waals surface area contributed by atoms with Gasteiger partial charge in [-0.3, -0.25) is 0 Å². The second kappa shape index (κ2) is 7.17. The molecule has 0 unspecified atom stereocenters. The third-order valence-corrected chi connectivity index (χ3v) is 4.93. The molecule has 1 aromatic carbocycles. The van der Waals surface area contributed by atoms with Crippen LogP contribution in [0.4, 0.5) is 0 Å². The van der Waals surface area contributed by atoms with E-state index in [4.69, 9.17) is 5.11 Å². The summed E-state index contributed by atoms with van der Waals surface area (Å²) < 4.78 is 0. The van der Waals surface area contributed by atoms with E-state index in [0.717, 1.165) is 17.4 Å². The first kappa shape index (κ1) is 13.9. The minimum Gasteiger partial charge on any atom is -0.392 e. The summed E-state index contributed by atoms with van der Waals surface area (Å²) in [6, 6.07) is 8.89. The summed E-state index contributed by atoms with van der Waals surface area (Å²) in [5.74, 6) is 1.22. The molecule has 0 radical (unpaired) electrons. The van der Waals surface area contributed by atoms with Gasteiger partial charge >= 0.3 is 0 Å². The van der Waals surface area contributed by atoms with Gasteiger partial charge in [0.15, 0.2) is 0 Å². The lowest BCUT2D eigenvalue weighted by Crippen LogP contribution is -2.33. The van der Waals surface area contributed by atoms with Crippen LogP contribution in [0.5, 0.6) is 0 Å². The lowest BCUT2D eigenvalue weighted by Gasteiger charge is -2.20. The fourth-order valence-electron chi connectivity index (χ4n) is 2.58. The molecule has 0 spiro atoms. The molecule has 0 saturated heterocycles. The SMILES string of the molecule is CCS[C@H]1CCC[C@@H]1NCc1ccc(CO)cc1. The predicted octanol–water partition coefficient (Wildman–Crippen LogP) is 2.94. The number of hydrogen-bond donors (Lipinski definition) is 2. The first-order valence-corrected chi connectivity index (χ1v) is 7.92. The van der Waals surface area contributed by atoms with Crippen molar-refractivity contribution in [2.24, 2.45) is 0 Å². The van der Waals surface area contributed by atoms with Crippen molar-refractivity contribution in [3.63, 3.8) is 0 Å². The summed E-state index contributed by atoms with van der Waals surface area (Å²) in [6.07, 6.45) is 4.03. The summed E-state index contributed by atoms with van der Waals surface area (Å²) >= 11 is 2.09. The number of hydrogen-bond acceptors (Lipinski definition) is 3. The number of benzene rings is 1. The number of thioether (sulfide) groups is 1. The Morgan fingerprint density at radius 2 is 1.94 bits per heavy atom. The molecule has 0 amide bonds. The topological polar surface area (TPSA) is 32.3 Å². The Labute approximate surface area is 114 Å². The summed E-state index contributed by atoms with van der Waals surface area (Å²) in [5.41, 5.74) is 2.29. The number of aliphatic hydroxyl groups is 1. The Bertz CT molecular complexity index is 352. The average Bonchev–Trinajstić information content (AvgIpc) is 2.85. The van der Waals surface area contributed by atoms with Crippen LogP contribution in [0.25, 0.3) is 0 Å². The highest BCUT2D eigenvalue weighted by Crippen LogP contribution is 2.30. The van der Waals surface area contributed by atoms with Gasteiger partial charge in [0, 0.05) is 17.8 Å². The summed E-state index contributed by atoms with van der Waals surface area (Å²) in [4.78, 5) is 0. The highest BCUT2D eigenvalue weighted by molar-refractivity contribution is 7.99. The molecule has 100 valence electrons. The molecule has 1 saturated carbocycles. The van der Waals surface area contributed by atoms with Gasteiger partial charge in [0.05, 0.1) is 6.61 Å². The molecule has 0 heterocycles. The quantitative estimate of drug-likeness (QED) is 0.829. The smallest absolute Gasteiger partial charge is 0.0681 e. The molecule has 1 fully saturated rings. The summed E-state index contributed by atoms with van der Waals surface area (Å²) in [5, 5.41) is 13.5. The first-order valence-electron chi connectivity index (χ1n) is 6.87. The monoisotopic (exact) mass is 265 g/mol. The van der Waals surface area contributed by atoms with Crippen LogP contribution in [-0.2, 0) is 13.2 Å². The van der Waals surface area contributed by atoms with E-state index in [9.17, 15) is 0 Å². The van der Waals surface area contributed by atoms with Crippen molar-refractivity contribution in [1.29, 1.82) is 0 Å². The van der Waals surface area contributed by atoms with Gasteiger partial charge in [-0.25, -0.2) is 0 Å². The molecule has 0 bridgehead atoms. The fourth-order valence-corrected chi connectivity index (χ4v) is 3.81. The van der Waals surface area contributed by atoms with E-state index in [-0.39, 0.29) is 6.61 Å². The molecule has 1 aliphatic carbocycles. The Hall–Kier alpha value is -0.510. The number of nitrogens with one attached hydrogen (secondary N) is 1. The van der Waals surface area contributed by atoms with E-state index in [1.807, 2.05) is 12.1 Å². The Morgan fingerprint density at radius 1 is 1.22 bits per heavy atom. The first-order chi connectivity index (χ1) is 8.83. The maximum absolute atomic E-state index is 9.01. The lowest BCUT2D eigenvalue weighted by atomic mass is 10.1. The standard InChI is InChI=1S/C15H23NOS/c1-2-18-15-5-3-4-14(15)16-10-12-6-8-13(11-17)9-7-12/h6-9,14-17H,2-5,10-11H2,1H3/t14-,15-/m0/s1. The predicted molar refractivity (Wildman–Crippen MR) is 78.8 cm³/mol. The molecule has 0 aliphatic heterocycles. The lowest BCUT2D eigenvalue weighted by molar-refractivity contribution is 0.282. The van der Waals surface area contributed by atoms with Gasteiger partial charge < -0.3 is 10.4 Å². The van der Waals surface area contributed by atoms with Crippen LogP contribution in [-0.4, -0.2) is 22.2 Å². The van der Waals surface area contributed by atoms with Crippen molar-refractivity contribution >= 4 is 11.8 Å². The normalized spacial score (nSPS) is 23.4. The maximum atomic E-state index is 9.01. The molecule has 1 aromatic rings. The molecule has 3 heteroatoms. The highest BCUT2D eigenvalue weighted by atomic mass is 32.2. The van der Waals surface area contributed by atoms with Crippen molar-refractivity contribution in [3.8, 4) is 0 Å². The van der Waals surface area contributed by atoms with E-state index >= 15 is 0 Å². The van der Waals surface area contributed by atoms with Gasteiger partial charge in [-0.15, -0.1) is 0 Å². The van der Waals surface area contributed by atoms with Crippen molar-refractivity contribution < 1.29 is 5.11 Å². The number of rotatable bonds is 6. The van der Waals surface area contributed by atoms with Crippen LogP contribution in [0.2, 0.25) is 0 Å². The molecule has 2 N–H and O–H groups in total. The molecule has 18 heavy (non-hydrogen) atoms. The second-order valence-corrected chi connectivity index (χ2v) is 6.40. The fraction of sp³-hybridized carbons (Fsp3) is 0.600. The van der Waals surface area contributed by atoms with E-state index in [2.05, 4.69) is 36.1 Å². The van der Waals surface area contributed by atoms with Gasteiger partial charge in [0.2, 0.25) is 0 Å². The minimum absolute atomic E-state index is 0.131. The van der Waals surface area contributed by atoms with Crippen LogP contribution in [0.3, 0.4) is 0 Å². The van der Waals surface area contributed by atoms with E-state index in [0.29, 0.717) is 6.04 Å². The van der Waals surface area contributed by atoms with Crippen molar-refractivity contribution in [2.45, 2.75) is 50.6 Å². The number of aliphatic hydroxyl groups excluding tert-OH is 1. The molecule has 2 nitrogen and oxygen atoms in total. The van der Waals surface area contributed by atoms with E-state index in [1.165, 1.54) is 30.6 Å². The molecule has 1 aliphatic rings. The van der Waals surface area contributed by atoms with Gasteiger partial charge in [0.1, 0.15) is 0 Å². The van der Waals surface area contributed by atoms with Gasteiger partial charge in [-0.1, -0.05) is 37.6 Å². The Kier molecular flexibility index (Phi) is 5.54.